The van der Waals surface area contributed by atoms with E-state index in [1.165, 1.54) is 30.0 Å². The van der Waals surface area contributed by atoms with Gasteiger partial charge in [-0.05, 0) is 18.6 Å². The number of methoxy groups -OCH3 is 3. The van der Waals surface area contributed by atoms with E-state index in [0.29, 0.717) is 52.3 Å². The summed E-state index contributed by atoms with van der Waals surface area (Å²) in [6, 6.07) is 6.64. The third-order valence-electron chi connectivity index (χ3n) is 5.54. The fraction of sp³-hybridized carbons (Fsp3) is 0.440. The fourth-order valence-corrected chi connectivity index (χ4v) is 3.84. The van der Waals surface area contributed by atoms with E-state index in [1.54, 1.807) is 51.8 Å². The van der Waals surface area contributed by atoms with Gasteiger partial charge in [0.25, 0.3) is 0 Å². The molecular formula is C25H34N6O4S. The highest BCUT2D eigenvalue weighted by molar-refractivity contribution is 7.78. The van der Waals surface area contributed by atoms with Crippen LogP contribution in [-0.4, -0.2) is 53.2 Å². The zero-order valence-electron chi connectivity index (χ0n) is 21.2. The van der Waals surface area contributed by atoms with Crippen molar-refractivity contribution in [1.82, 2.24) is 19.3 Å². The van der Waals surface area contributed by atoms with E-state index >= 15 is 0 Å². The number of pyridine rings is 1. The van der Waals surface area contributed by atoms with Crippen molar-refractivity contribution in [3.8, 4) is 17.2 Å². The molecule has 0 unspecified atom stereocenters. The van der Waals surface area contributed by atoms with Crippen molar-refractivity contribution in [3.05, 3.63) is 30.5 Å². The van der Waals surface area contributed by atoms with Gasteiger partial charge in [0.1, 0.15) is 11.3 Å². The number of nitrogens with one attached hydrogen (secondary N) is 2. The number of hydrogen-bond acceptors (Lipinski definition) is 9. The lowest BCUT2D eigenvalue weighted by Crippen LogP contribution is -2.28. The number of benzene rings is 1. The smallest absolute Gasteiger partial charge is 0.332 e. The van der Waals surface area contributed by atoms with Gasteiger partial charge in [-0.25, -0.2) is 19.7 Å². The van der Waals surface area contributed by atoms with E-state index in [-0.39, 0.29) is 6.03 Å². The number of ether oxygens (including phenoxy) is 3. The van der Waals surface area contributed by atoms with Gasteiger partial charge in [-0.3, -0.25) is 9.62 Å². The number of thiol groups is 1. The Kier molecular flexibility index (Phi) is 10.2. The number of carbonyl (C=O) groups is 1. The molecule has 0 saturated heterocycles. The van der Waals surface area contributed by atoms with Crippen LogP contribution in [0.15, 0.2) is 30.5 Å². The summed E-state index contributed by atoms with van der Waals surface area (Å²) in [5.41, 5.74) is 1.65. The summed E-state index contributed by atoms with van der Waals surface area (Å²) in [5.74, 6) is 2.34. The van der Waals surface area contributed by atoms with Crippen molar-refractivity contribution in [1.29, 1.82) is 0 Å². The number of aromatic nitrogens is 3. The Morgan fingerprint density at radius 2 is 1.61 bits per heavy atom. The minimum atomic E-state index is -0.335. The Balaban J connectivity index is 1.67. The fourth-order valence-electron chi connectivity index (χ4n) is 3.65. The van der Waals surface area contributed by atoms with Gasteiger partial charge in [-0.1, -0.05) is 51.8 Å². The average Bonchev–Trinajstić information content (AvgIpc) is 2.89. The molecule has 0 aliphatic carbocycles. The number of fused-ring (bicyclic) bond motifs is 1. The van der Waals surface area contributed by atoms with Crippen molar-refractivity contribution in [2.45, 2.75) is 45.4 Å². The quantitative estimate of drug-likeness (QED) is 0.193. The molecule has 0 aliphatic rings. The van der Waals surface area contributed by atoms with E-state index in [0.717, 1.165) is 12.8 Å². The second-order valence-electron chi connectivity index (χ2n) is 8.15. The number of carbonyl (C=O) groups excluding carboxylic acids is 1. The molecule has 0 saturated carbocycles. The highest BCUT2D eigenvalue weighted by atomic mass is 32.1. The van der Waals surface area contributed by atoms with Crippen molar-refractivity contribution in [2.24, 2.45) is 0 Å². The Hall–Kier alpha value is -3.47. The van der Waals surface area contributed by atoms with Crippen molar-refractivity contribution in [2.75, 3.05) is 38.5 Å². The number of nitrogens with zero attached hydrogens (tertiary/aromatic N) is 4. The molecule has 2 amide bonds. The molecule has 2 heterocycles. The summed E-state index contributed by atoms with van der Waals surface area (Å²) < 4.78 is 17.5. The van der Waals surface area contributed by atoms with Gasteiger partial charge in [0.05, 0.1) is 27.5 Å². The average molecular weight is 515 g/mol. The summed E-state index contributed by atoms with van der Waals surface area (Å²) in [6.45, 7) is 2.76. The standard InChI is InChI=1S/C25H34N6O4S/c1-5-6-7-8-9-10-13-31(36)25(32)30-21-12-11-18-24(28-21)29-22(16-26-18)27-17-14-19(33-2)23(35-4)20(15-17)34-3/h11-12,14-16,36H,5-10,13H2,1-4H3,(H2,27,28,29,30,32). The number of anilines is 3. The Morgan fingerprint density at radius 1 is 0.944 bits per heavy atom. The summed E-state index contributed by atoms with van der Waals surface area (Å²) in [5, 5.41) is 5.95. The third-order valence-corrected chi connectivity index (χ3v) is 5.92. The molecule has 2 N–H and O–H groups in total. The molecule has 36 heavy (non-hydrogen) atoms. The van der Waals surface area contributed by atoms with Crippen LogP contribution in [0.4, 0.5) is 22.1 Å². The first kappa shape index (κ1) is 27.1. The predicted molar refractivity (Wildman–Crippen MR) is 145 cm³/mol. The molecule has 1 aromatic carbocycles. The van der Waals surface area contributed by atoms with Crippen molar-refractivity contribution >= 4 is 47.3 Å². The lowest BCUT2D eigenvalue weighted by atomic mass is 10.1. The van der Waals surface area contributed by atoms with E-state index in [1.807, 2.05) is 0 Å². The van der Waals surface area contributed by atoms with Gasteiger partial charge in [-0.15, -0.1) is 0 Å². The summed E-state index contributed by atoms with van der Waals surface area (Å²) in [6.07, 6.45) is 8.46. The summed E-state index contributed by atoms with van der Waals surface area (Å²) >= 11 is 4.32. The van der Waals surface area contributed by atoms with Gasteiger partial charge in [0, 0.05) is 24.4 Å². The maximum Gasteiger partial charge on any atom is 0.332 e. The van der Waals surface area contributed by atoms with Crippen LogP contribution in [0.3, 0.4) is 0 Å². The number of amides is 2. The molecule has 0 bridgehead atoms. The van der Waals surface area contributed by atoms with Crippen molar-refractivity contribution < 1.29 is 19.0 Å². The number of hydrogen-bond donors (Lipinski definition) is 3. The molecule has 0 aliphatic heterocycles. The number of unbranched alkanes of at least 4 members (excludes halogenated alkanes) is 5. The topological polar surface area (TPSA) is 111 Å². The van der Waals surface area contributed by atoms with Crippen LogP contribution in [0.5, 0.6) is 17.2 Å². The highest BCUT2D eigenvalue weighted by Crippen LogP contribution is 2.40. The second-order valence-corrected chi connectivity index (χ2v) is 8.64. The second kappa shape index (κ2) is 13.6. The number of rotatable bonds is 13. The van der Waals surface area contributed by atoms with Gasteiger partial charge in [0.15, 0.2) is 23.0 Å². The third kappa shape index (κ3) is 7.27. The van der Waals surface area contributed by atoms with Gasteiger partial charge in [0.2, 0.25) is 5.75 Å². The Labute approximate surface area is 217 Å². The highest BCUT2D eigenvalue weighted by Gasteiger charge is 2.15. The lowest BCUT2D eigenvalue weighted by Gasteiger charge is -2.16. The summed E-state index contributed by atoms with van der Waals surface area (Å²) in [7, 11) is 4.65. The van der Waals surface area contributed by atoms with Gasteiger partial charge in [-0.2, -0.15) is 0 Å². The van der Waals surface area contributed by atoms with Crippen LogP contribution in [0.25, 0.3) is 11.2 Å². The first-order valence-electron chi connectivity index (χ1n) is 12.0. The molecule has 10 nitrogen and oxygen atoms in total. The van der Waals surface area contributed by atoms with Crippen molar-refractivity contribution in [3.63, 3.8) is 0 Å². The van der Waals surface area contributed by atoms with Crippen LogP contribution in [0.1, 0.15) is 45.4 Å². The molecule has 11 heteroatoms. The van der Waals surface area contributed by atoms with E-state index < -0.39 is 0 Å². The van der Waals surface area contributed by atoms with Crippen LogP contribution >= 0.6 is 12.8 Å². The lowest BCUT2D eigenvalue weighted by molar-refractivity contribution is 0.238. The van der Waals surface area contributed by atoms with Gasteiger partial charge >= 0.3 is 6.03 Å². The molecule has 2 aromatic heterocycles. The zero-order chi connectivity index (χ0) is 25.9. The zero-order valence-corrected chi connectivity index (χ0v) is 22.1. The minimum absolute atomic E-state index is 0.335. The monoisotopic (exact) mass is 514 g/mol. The van der Waals surface area contributed by atoms with Crippen LogP contribution in [0.2, 0.25) is 0 Å². The number of urea groups is 1. The first-order valence-corrected chi connectivity index (χ1v) is 12.4. The van der Waals surface area contributed by atoms with E-state index in [9.17, 15) is 4.79 Å². The first-order chi connectivity index (χ1) is 17.5. The molecule has 0 spiro atoms. The van der Waals surface area contributed by atoms with Crippen LogP contribution < -0.4 is 24.8 Å². The molecule has 0 radical (unpaired) electrons. The molecular weight excluding hydrogens is 480 g/mol. The maximum absolute atomic E-state index is 12.5. The van der Waals surface area contributed by atoms with Gasteiger partial charge < -0.3 is 19.5 Å². The Morgan fingerprint density at radius 3 is 2.28 bits per heavy atom. The molecule has 0 atom stereocenters. The minimum Gasteiger partial charge on any atom is -0.493 e. The summed E-state index contributed by atoms with van der Waals surface area (Å²) in [4.78, 5) is 25.9. The normalized spacial score (nSPS) is 10.7. The molecule has 3 rings (SSSR count). The largest absolute Gasteiger partial charge is 0.493 e. The van der Waals surface area contributed by atoms with E-state index in [2.05, 4.69) is 45.3 Å². The Bertz CT molecular complexity index is 1140. The maximum atomic E-state index is 12.5. The van der Waals surface area contributed by atoms with E-state index in [4.69, 9.17) is 14.2 Å². The van der Waals surface area contributed by atoms with Crippen LogP contribution in [0, 0.1) is 0 Å². The van der Waals surface area contributed by atoms with Crippen LogP contribution in [-0.2, 0) is 0 Å². The molecule has 3 aromatic rings. The molecule has 194 valence electrons. The molecule has 0 fully saturated rings. The SMILES string of the molecule is CCCCCCCCN(S)C(=O)Nc1ccc2ncc(Nc3cc(OC)c(OC)c(OC)c3)nc2n1. The predicted octanol–water partition coefficient (Wildman–Crippen LogP) is 5.83.